The third-order valence-corrected chi connectivity index (χ3v) is 4.03. The number of hydrogen-bond acceptors (Lipinski definition) is 3. The molecule has 0 radical (unpaired) electrons. The average Bonchev–Trinajstić information content (AvgIpc) is 3.01. The smallest absolute Gasteiger partial charge is 0.379 e. The van der Waals surface area contributed by atoms with Gasteiger partial charge in [0.15, 0.2) is 0 Å². The zero-order valence-corrected chi connectivity index (χ0v) is 11.7. The molecule has 0 spiro atoms. The highest BCUT2D eigenvalue weighted by molar-refractivity contribution is 5.77. The van der Waals surface area contributed by atoms with Crippen molar-refractivity contribution in [1.29, 1.82) is 0 Å². The Kier molecular flexibility index (Phi) is 3.41. The number of imidazole rings is 1. The number of hydrogen-bond donors (Lipinski definition) is 1. The number of benzene rings is 1. The van der Waals surface area contributed by atoms with E-state index in [-0.39, 0.29) is 12.0 Å². The summed E-state index contributed by atoms with van der Waals surface area (Å²) < 4.78 is 45.6. The molecule has 1 N–H and O–H groups in total. The predicted molar refractivity (Wildman–Crippen MR) is 72.1 cm³/mol. The normalized spacial score (nSPS) is 23.1. The Morgan fingerprint density at radius 2 is 2.10 bits per heavy atom. The standard InChI is InChI=1S/C14H16F3N3O/c1-18-11-7-21-6-9(11)13-19-10-5-8(14(15,16)17)3-4-12(10)20(13)2/h3-5,9,11,18H,6-7H2,1-2H3. The Balaban J connectivity index is 2.07. The summed E-state index contributed by atoms with van der Waals surface area (Å²) in [5.41, 5.74) is 0.385. The topological polar surface area (TPSA) is 39.1 Å². The molecule has 0 bridgehead atoms. The van der Waals surface area contributed by atoms with Crippen LogP contribution in [0.5, 0.6) is 0 Å². The van der Waals surface area contributed by atoms with Gasteiger partial charge in [-0.25, -0.2) is 4.98 Å². The van der Waals surface area contributed by atoms with Crippen molar-refractivity contribution in [2.75, 3.05) is 20.3 Å². The average molecular weight is 299 g/mol. The van der Waals surface area contributed by atoms with Gasteiger partial charge in [0.05, 0.1) is 35.7 Å². The Hall–Kier alpha value is -1.60. The van der Waals surface area contributed by atoms with E-state index < -0.39 is 11.7 Å². The van der Waals surface area contributed by atoms with Crippen molar-refractivity contribution < 1.29 is 17.9 Å². The fourth-order valence-corrected chi connectivity index (χ4v) is 2.82. The molecular weight excluding hydrogens is 283 g/mol. The van der Waals surface area contributed by atoms with Crippen molar-refractivity contribution in [2.24, 2.45) is 7.05 Å². The Morgan fingerprint density at radius 1 is 1.33 bits per heavy atom. The maximum Gasteiger partial charge on any atom is 0.416 e. The second-order valence-corrected chi connectivity index (χ2v) is 5.27. The minimum absolute atomic E-state index is 0.0433. The van der Waals surface area contributed by atoms with Crippen LogP contribution in [-0.4, -0.2) is 35.9 Å². The van der Waals surface area contributed by atoms with Gasteiger partial charge in [0, 0.05) is 13.1 Å². The number of alkyl halides is 3. The maximum absolute atomic E-state index is 12.8. The van der Waals surface area contributed by atoms with E-state index in [0.29, 0.717) is 24.2 Å². The molecular formula is C14H16F3N3O. The predicted octanol–water partition coefficient (Wildman–Crippen LogP) is 2.29. The van der Waals surface area contributed by atoms with E-state index in [1.807, 2.05) is 18.7 Å². The SMILES string of the molecule is CNC1COCC1c1nc2cc(C(F)(F)F)ccc2n1C. The largest absolute Gasteiger partial charge is 0.416 e. The summed E-state index contributed by atoms with van der Waals surface area (Å²) in [4.78, 5) is 4.41. The molecule has 2 atom stereocenters. The van der Waals surface area contributed by atoms with Gasteiger partial charge in [-0.05, 0) is 25.2 Å². The monoisotopic (exact) mass is 299 g/mol. The number of halogens is 3. The van der Waals surface area contributed by atoms with Gasteiger partial charge in [-0.3, -0.25) is 0 Å². The summed E-state index contributed by atoms with van der Waals surface area (Å²) in [7, 11) is 3.67. The first kappa shape index (κ1) is 14.3. The van der Waals surface area contributed by atoms with Crippen LogP contribution in [0.2, 0.25) is 0 Å². The molecule has 1 aromatic heterocycles. The lowest BCUT2D eigenvalue weighted by Crippen LogP contribution is -2.32. The molecule has 3 rings (SSSR count). The van der Waals surface area contributed by atoms with Crippen molar-refractivity contribution in [1.82, 2.24) is 14.9 Å². The lowest BCUT2D eigenvalue weighted by atomic mass is 10.0. The molecule has 1 aliphatic heterocycles. The van der Waals surface area contributed by atoms with Crippen molar-refractivity contribution in [3.8, 4) is 0 Å². The van der Waals surface area contributed by atoms with E-state index in [9.17, 15) is 13.2 Å². The zero-order valence-electron chi connectivity index (χ0n) is 11.7. The Bertz CT molecular complexity index is 665. The quantitative estimate of drug-likeness (QED) is 0.925. The third-order valence-electron chi connectivity index (χ3n) is 4.03. The van der Waals surface area contributed by atoms with E-state index in [4.69, 9.17) is 4.74 Å². The van der Waals surface area contributed by atoms with Gasteiger partial charge in [-0.15, -0.1) is 0 Å². The van der Waals surface area contributed by atoms with Crippen molar-refractivity contribution >= 4 is 11.0 Å². The molecule has 7 heteroatoms. The van der Waals surface area contributed by atoms with E-state index in [1.165, 1.54) is 6.07 Å². The number of fused-ring (bicyclic) bond motifs is 1. The molecule has 114 valence electrons. The molecule has 1 fully saturated rings. The highest BCUT2D eigenvalue weighted by atomic mass is 19.4. The third kappa shape index (κ3) is 2.40. The van der Waals surface area contributed by atoms with Crippen LogP contribution < -0.4 is 5.32 Å². The first-order valence-electron chi connectivity index (χ1n) is 6.70. The summed E-state index contributed by atoms with van der Waals surface area (Å²) in [6, 6.07) is 3.79. The second-order valence-electron chi connectivity index (χ2n) is 5.27. The number of rotatable bonds is 2. The maximum atomic E-state index is 12.8. The van der Waals surface area contributed by atoms with Crippen LogP contribution in [0.1, 0.15) is 17.3 Å². The second kappa shape index (κ2) is 4.99. The number of nitrogens with zero attached hydrogens (tertiary/aromatic N) is 2. The van der Waals surface area contributed by atoms with Gasteiger partial charge < -0.3 is 14.6 Å². The van der Waals surface area contributed by atoms with E-state index >= 15 is 0 Å². The first-order chi connectivity index (χ1) is 9.91. The van der Waals surface area contributed by atoms with Gasteiger partial charge in [-0.2, -0.15) is 13.2 Å². The number of aryl methyl sites for hydroxylation is 1. The summed E-state index contributed by atoms with van der Waals surface area (Å²) in [6.07, 6.45) is -4.35. The summed E-state index contributed by atoms with van der Waals surface area (Å²) in [5, 5.41) is 3.16. The minimum Gasteiger partial charge on any atom is -0.379 e. The molecule has 1 aromatic carbocycles. The number of aromatic nitrogens is 2. The van der Waals surface area contributed by atoms with Gasteiger partial charge in [0.2, 0.25) is 0 Å². The summed E-state index contributed by atoms with van der Waals surface area (Å²) in [6.45, 7) is 1.10. The molecule has 4 nitrogen and oxygen atoms in total. The van der Waals surface area contributed by atoms with Crippen molar-refractivity contribution in [2.45, 2.75) is 18.1 Å². The van der Waals surface area contributed by atoms with Crippen LogP contribution in [0.3, 0.4) is 0 Å². The van der Waals surface area contributed by atoms with Crippen molar-refractivity contribution in [3.05, 3.63) is 29.6 Å². The summed E-state index contributed by atoms with van der Waals surface area (Å²) >= 11 is 0. The van der Waals surface area contributed by atoms with Gasteiger partial charge >= 0.3 is 6.18 Å². The molecule has 2 aromatic rings. The number of likely N-dealkylation sites (N-methyl/N-ethyl adjacent to an activating group) is 1. The van der Waals surface area contributed by atoms with Gasteiger partial charge in [0.25, 0.3) is 0 Å². The fraction of sp³-hybridized carbons (Fsp3) is 0.500. The minimum atomic E-state index is -4.35. The van der Waals surface area contributed by atoms with Crippen LogP contribution in [-0.2, 0) is 18.0 Å². The number of ether oxygens (including phenoxy) is 1. The Labute approximate surface area is 119 Å². The molecule has 21 heavy (non-hydrogen) atoms. The summed E-state index contributed by atoms with van der Waals surface area (Å²) in [5.74, 6) is 0.794. The van der Waals surface area contributed by atoms with E-state index in [0.717, 1.165) is 18.0 Å². The van der Waals surface area contributed by atoms with Gasteiger partial charge in [-0.1, -0.05) is 0 Å². The molecule has 0 aliphatic carbocycles. The van der Waals surface area contributed by atoms with Gasteiger partial charge in [0.1, 0.15) is 5.82 Å². The van der Waals surface area contributed by atoms with Crippen LogP contribution in [0.15, 0.2) is 18.2 Å². The first-order valence-corrected chi connectivity index (χ1v) is 6.70. The van der Waals surface area contributed by atoms with Crippen molar-refractivity contribution in [3.63, 3.8) is 0 Å². The molecule has 0 saturated carbocycles. The number of nitrogens with one attached hydrogen (secondary N) is 1. The highest BCUT2D eigenvalue weighted by Gasteiger charge is 2.34. The van der Waals surface area contributed by atoms with E-state index in [1.54, 1.807) is 0 Å². The molecule has 2 heterocycles. The lowest BCUT2D eigenvalue weighted by Gasteiger charge is -2.16. The molecule has 1 aliphatic rings. The fourth-order valence-electron chi connectivity index (χ4n) is 2.82. The lowest BCUT2D eigenvalue weighted by molar-refractivity contribution is -0.137. The zero-order chi connectivity index (χ0) is 15.2. The molecule has 0 amide bonds. The van der Waals surface area contributed by atoms with Crippen LogP contribution >= 0.6 is 0 Å². The van der Waals surface area contributed by atoms with Crippen LogP contribution in [0.25, 0.3) is 11.0 Å². The van der Waals surface area contributed by atoms with Crippen LogP contribution in [0.4, 0.5) is 13.2 Å². The van der Waals surface area contributed by atoms with E-state index in [2.05, 4.69) is 10.3 Å². The molecule has 1 saturated heterocycles. The highest BCUT2D eigenvalue weighted by Crippen LogP contribution is 2.33. The molecule has 2 unspecified atom stereocenters. The Morgan fingerprint density at radius 3 is 2.76 bits per heavy atom. The van der Waals surface area contributed by atoms with Crippen LogP contribution in [0, 0.1) is 0 Å².